The fourth-order valence-corrected chi connectivity index (χ4v) is 0.941. The summed E-state index contributed by atoms with van der Waals surface area (Å²) < 4.78 is 4.92. The van der Waals surface area contributed by atoms with Crippen LogP contribution in [0, 0.1) is 5.92 Å². The third-order valence-corrected chi connectivity index (χ3v) is 2.09. The molecule has 15 heavy (non-hydrogen) atoms. The SMILES string of the molecule is CCC(C)OC(=O)NC(C(=O)O)C(C)C. The lowest BCUT2D eigenvalue weighted by Gasteiger charge is -2.19. The lowest BCUT2D eigenvalue weighted by atomic mass is 10.1. The average Bonchev–Trinajstić information content (AvgIpc) is 2.12. The van der Waals surface area contributed by atoms with Crippen LogP contribution in [0.15, 0.2) is 0 Å². The normalized spacial score (nSPS) is 14.5. The van der Waals surface area contributed by atoms with E-state index in [2.05, 4.69) is 5.32 Å². The Morgan fingerprint density at radius 1 is 1.33 bits per heavy atom. The first kappa shape index (κ1) is 13.7. The number of carboxylic acid groups (broad SMARTS) is 1. The van der Waals surface area contributed by atoms with Crippen molar-refractivity contribution < 1.29 is 19.4 Å². The van der Waals surface area contributed by atoms with E-state index in [1.165, 1.54) is 0 Å². The summed E-state index contributed by atoms with van der Waals surface area (Å²) in [6.45, 7) is 7.09. The van der Waals surface area contributed by atoms with Crippen LogP contribution in [0.1, 0.15) is 34.1 Å². The number of hydrogen-bond acceptors (Lipinski definition) is 3. The van der Waals surface area contributed by atoms with Crippen molar-refractivity contribution in [2.75, 3.05) is 0 Å². The molecule has 0 aromatic heterocycles. The van der Waals surface area contributed by atoms with Crippen LogP contribution in [0.3, 0.4) is 0 Å². The predicted molar refractivity (Wildman–Crippen MR) is 55.6 cm³/mol. The average molecular weight is 217 g/mol. The van der Waals surface area contributed by atoms with Crippen molar-refractivity contribution in [1.29, 1.82) is 0 Å². The minimum Gasteiger partial charge on any atom is -0.480 e. The number of ether oxygens (including phenoxy) is 1. The van der Waals surface area contributed by atoms with Crippen molar-refractivity contribution in [3.63, 3.8) is 0 Å². The molecule has 0 saturated carbocycles. The molecule has 0 radical (unpaired) electrons. The quantitative estimate of drug-likeness (QED) is 0.733. The van der Waals surface area contributed by atoms with Crippen molar-refractivity contribution in [3.8, 4) is 0 Å². The van der Waals surface area contributed by atoms with E-state index in [0.717, 1.165) is 0 Å². The van der Waals surface area contributed by atoms with Crippen molar-refractivity contribution in [2.45, 2.75) is 46.3 Å². The summed E-state index contributed by atoms with van der Waals surface area (Å²) in [6.07, 6.45) is -0.176. The summed E-state index contributed by atoms with van der Waals surface area (Å²) in [7, 11) is 0. The van der Waals surface area contributed by atoms with Gasteiger partial charge in [0.25, 0.3) is 0 Å². The Balaban J connectivity index is 4.18. The first-order valence-electron chi connectivity index (χ1n) is 5.08. The van der Waals surface area contributed by atoms with Crippen LogP contribution in [-0.4, -0.2) is 29.3 Å². The van der Waals surface area contributed by atoms with Gasteiger partial charge < -0.3 is 15.2 Å². The van der Waals surface area contributed by atoms with Gasteiger partial charge in [0.15, 0.2) is 0 Å². The van der Waals surface area contributed by atoms with Crippen LogP contribution < -0.4 is 5.32 Å². The first-order chi connectivity index (χ1) is 6.88. The Morgan fingerprint density at radius 3 is 2.20 bits per heavy atom. The molecule has 0 rings (SSSR count). The van der Waals surface area contributed by atoms with E-state index in [0.29, 0.717) is 6.42 Å². The molecule has 5 heteroatoms. The van der Waals surface area contributed by atoms with Gasteiger partial charge in [0.1, 0.15) is 12.1 Å². The Hall–Kier alpha value is -1.26. The molecule has 0 heterocycles. The molecule has 0 fully saturated rings. The maximum absolute atomic E-state index is 11.2. The number of carbonyl (C=O) groups excluding carboxylic acids is 1. The molecule has 0 saturated heterocycles. The van der Waals surface area contributed by atoms with E-state index in [1.807, 2.05) is 6.92 Å². The monoisotopic (exact) mass is 217 g/mol. The fourth-order valence-electron chi connectivity index (χ4n) is 0.941. The fraction of sp³-hybridized carbons (Fsp3) is 0.800. The van der Waals surface area contributed by atoms with Gasteiger partial charge in [0, 0.05) is 0 Å². The van der Waals surface area contributed by atoms with Gasteiger partial charge in [-0.25, -0.2) is 9.59 Å². The second kappa shape index (κ2) is 6.27. The standard InChI is InChI=1S/C10H19NO4/c1-5-7(4)15-10(14)11-8(6(2)3)9(12)13/h6-8H,5H2,1-4H3,(H,11,14)(H,12,13). The highest BCUT2D eigenvalue weighted by atomic mass is 16.6. The van der Waals surface area contributed by atoms with Gasteiger partial charge in [-0.3, -0.25) is 0 Å². The number of rotatable bonds is 5. The molecule has 5 nitrogen and oxygen atoms in total. The number of amides is 1. The van der Waals surface area contributed by atoms with Crippen molar-refractivity contribution >= 4 is 12.1 Å². The molecular weight excluding hydrogens is 198 g/mol. The molecule has 2 atom stereocenters. The Labute approximate surface area is 89.8 Å². The predicted octanol–water partition coefficient (Wildman–Crippen LogP) is 1.62. The van der Waals surface area contributed by atoms with Gasteiger partial charge >= 0.3 is 12.1 Å². The Kier molecular flexibility index (Phi) is 5.74. The first-order valence-corrected chi connectivity index (χ1v) is 5.08. The molecule has 0 bridgehead atoms. The largest absolute Gasteiger partial charge is 0.480 e. The summed E-state index contributed by atoms with van der Waals surface area (Å²) in [4.78, 5) is 22.0. The maximum Gasteiger partial charge on any atom is 0.408 e. The van der Waals surface area contributed by atoms with E-state index in [-0.39, 0.29) is 12.0 Å². The number of aliphatic carboxylic acids is 1. The van der Waals surface area contributed by atoms with Crippen LogP contribution in [0.25, 0.3) is 0 Å². The summed E-state index contributed by atoms with van der Waals surface area (Å²) in [5.41, 5.74) is 0. The minimum atomic E-state index is -1.05. The van der Waals surface area contributed by atoms with E-state index < -0.39 is 18.1 Å². The number of hydrogen-bond donors (Lipinski definition) is 2. The van der Waals surface area contributed by atoms with Gasteiger partial charge in [0.05, 0.1) is 0 Å². The Bertz CT molecular complexity index is 227. The molecule has 0 spiro atoms. The smallest absolute Gasteiger partial charge is 0.408 e. The molecule has 2 unspecified atom stereocenters. The third kappa shape index (κ3) is 5.24. The molecule has 0 aliphatic heterocycles. The highest BCUT2D eigenvalue weighted by molar-refractivity contribution is 5.80. The second-order valence-electron chi connectivity index (χ2n) is 3.83. The van der Waals surface area contributed by atoms with Crippen LogP contribution in [0.5, 0.6) is 0 Å². The van der Waals surface area contributed by atoms with E-state index in [9.17, 15) is 9.59 Å². The number of nitrogens with one attached hydrogen (secondary N) is 1. The second-order valence-corrected chi connectivity index (χ2v) is 3.83. The zero-order chi connectivity index (χ0) is 12.0. The summed E-state index contributed by atoms with van der Waals surface area (Å²) in [6, 6.07) is -0.901. The zero-order valence-electron chi connectivity index (χ0n) is 9.61. The van der Waals surface area contributed by atoms with Crippen LogP contribution in [0.4, 0.5) is 4.79 Å². The summed E-state index contributed by atoms with van der Waals surface area (Å²) in [5, 5.41) is 11.1. The topological polar surface area (TPSA) is 75.6 Å². The maximum atomic E-state index is 11.2. The van der Waals surface area contributed by atoms with Crippen LogP contribution in [0.2, 0.25) is 0 Å². The van der Waals surface area contributed by atoms with E-state index in [1.54, 1.807) is 20.8 Å². The van der Waals surface area contributed by atoms with Crippen LogP contribution in [-0.2, 0) is 9.53 Å². The van der Waals surface area contributed by atoms with E-state index >= 15 is 0 Å². The molecule has 1 amide bonds. The molecule has 0 aromatic rings. The van der Waals surface area contributed by atoms with Gasteiger partial charge in [-0.15, -0.1) is 0 Å². The van der Waals surface area contributed by atoms with Crippen LogP contribution >= 0.6 is 0 Å². The zero-order valence-corrected chi connectivity index (χ0v) is 9.61. The lowest BCUT2D eigenvalue weighted by Crippen LogP contribution is -2.45. The summed E-state index contributed by atoms with van der Waals surface area (Å²) in [5.74, 6) is -1.22. The molecule has 2 N–H and O–H groups in total. The molecule has 0 aliphatic carbocycles. The number of carbonyl (C=O) groups is 2. The van der Waals surface area contributed by atoms with Crippen molar-refractivity contribution in [2.24, 2.45) is 5.92 Å². The molecule has 0 aliphatic rings. The third-order valence-electron chi connectivity index (χ3n) is 2.09. The van der Waals surface area contributed by atoms with Gasteiger partial charge in [-0.2, -0.15) is 0 Å². The van der Waals surface area contributed by atoms with Gasteiger partial charge in [0.2, 0.25) is 0 Å². The molecular formula is C10H19NO4. The van der Waals surface area contributed by atoms with Gasteiger partial charge in [-0.1, -0.05) is 20.8 Å². The van der Waals surface area contributed by atoms with Crippen molar-refractivity contribution in [1.82, 2.24) is 5.32 Å². The van der Waals surface area contributed by atoms with Gasteiger partial charge in [-0.05, 0) is 19.3 Å². The number of alkyl carbamates (subject to hydrolysis) is 1. The number of carboxylic acids is 1. The Morgan fingerprint density at radius 2 is 1.87 bits per heavy atom. The summed E-state index contributed by atoms with van der Waals surface area (Å²) >= 11 is 0. The highest BCUT2D eigenvalue weighted by Gasteiger charge is 2.24. The highest BCUT2D eigenvalue weighted by Crippen LogP contribution is 2.03. The molecule has 88 valence electrons. The molecule has 0 aromatic carbocycles. The minimum absolute atomic E-state index is 0.174. The lowest BCUT2D eigenvalue weighted by molar-refractivity contribution is -0.140. The van der Waals surface area contributed by atoms with E-state index in [4.69, 9.17) is 9.84 Å². The van der Waals surface area contributed by atoms with Crippen molar-refractivity contribution in [3.05, 3.63) is 0 Å².